The van der Waals surface area contributed by atoms with Crippen molar-refractivity contribution in [1.29, 1.82) is 0 Å². The third-order valence-electron chi connectivity index (χ3n) is 5.31. The minimum Gasteiger partial charge on any atom is -0.492 e. The van der Waals surface area contributed by atoms with Gasteiger partial charge in [-0.1, -0.05) is 12.1 Å². The van der Waals surface area contributed by atoms with Crippen LogP contribution in [0.4, 0.5) is 5.69 Å². The summed E-state index contributed by atoms with van der Waals surface area (Å²) < 4.78 is 11.4. The molecule has 0 saturated heterocycles. The van der Waals surface area contributed by atoms with Crippen LogP contribution in [0.25, 0.3) is 10.6 Å². The van der Waals surface area contributed by atoms with Crippen LogP contribution in [0.15, 0.2) is 72.9 Å². The van der Waals surface area contributed by atoms with Gasteiger partial charge in [0, 0.05) is 28.7 Å². The van der Waals surface area contributed by atoms with Crippen molar-refractivity contribution >= 4 is 28.8 Å². The van der Waals surface area contributed by atoms with Crippen LogP contribution >= 0.6 is 11.3 Å². The maximum Gasteiger partial charge on any atom is 0.259 e. The van der Waals surface area contributed by atoms with Gasteiger partial charge in [-0.2, -0.15) is 0 Å². The molecule has 0 aliphatic carbocycles. The number of nitrogens with one attached hydrogen (secondary N) is 2. The highest BCUT2D eigenvalue weighted by Gasteiger charge is 2.21. The van der Waals surface area contributed by atoms with Crippen LogP contribution in [0, 0.1) is 0 Å². The van der Waals surface area contributed by atoms with E-state index < -0.39 is 0 Å². The van der Waals surface area contributed by atoms with Crippen molar-refractivity contribution in [3.05, 3.63) is 88.9 Å². The number of hydrogen-bond acceptors (Lipinski definition) is 7. The van der Waals surface area contributed by atoms with Gasteiger partial charge in [-0.3, -0.25) is 9.59 Å². The van der Waals surface area contributed by atoms with E-state index >= 15 is 0 Å². The number of nitrogens with two attached hydrogens (primary N) is 1. The highest BCUT2D eigenvalue weighted by molar-refractivity contribution is 7.15. The molecule has 0 unspecified atom stereocenters. The van der Waals surface area contributed by atoms with Gasteiger partial charge in [-0.15, -0.1) is 11.3 Å². The number of amides is 2. The molecule has 0 radical (unpaired) electrons. The van der Waals surface area contributed by atoms with Crippen molar-refractivity contribution in [1.82, 2.24) is 10.3 Å². The number of benzene rings is 3. The third-order valence-corrected chi connectivity index (χ3v) is 6.35. The largest absolute Gasteiger partial charge is 0.492 e. The predicted molar refractivity (Wildman–Crippen MR) is 134 cm³/mol. The molecule has 0 bridgehead atoms. The molecule has 0 fully saturated rings. The van der Waals surface area contributed by atoms with E-state index in [2.05, 4.69) is 15.6 Å². The normalized spacial score (nSPS) is 12.0. The molecule has 1 aromatic heterocycles. The lowest BCUT2D eigenvalue weighted by Crippen LogP contribution is -2.22. The number of fused-ring (bicyclic) bond motifs is 2. The average molecular weight is 487 g/mol. The summed E-state index contributed by atoms with van der Waals surface area (Å²) >= 11 is 1.50. The van der Waals surface area contributed by atoms with E-state index in [0.717, 1.165) is 21.2 Å². The molecule has 3 aromatic carbocycles. The molecule has 4 N–H and O–H groups in total. The molecule has 8 nitrogen and oxygen atoms in total. The number of nitrogens with zero attached hydrogens (tertiary/aromatic N) is 1. The number of carbonyl (C=O) groups excluding carboxylic acids is 2. The van der Waals surface area contributed by atoms with Crippen molar-refractivity contribution in [2.24, 2.45) is 5.73 Å². The van der Waals surface area contributed by atoms with Crippen molar-refractivity contribution in [3.8, 4) is 27.8 Å². The van der Waals surface area contributed by atoms with E-state index in [1.165, 1.54) is 11.3 Å². The molecule has 2 amide bonds. The SMILES string of the molecule is NCCOc1ccc(-c2ncc(CNC(=O)c3ccc4c(c3)NC(=O)c3ccccc3O4)s2)cc1. The van der Waals surface area contributed by atoms with Gasteiger partial charge in [0.15, 0.2) is 5.75 Å². The fourth-order valence-electron chi connectivity index (χ4n) is 3.57. The van der Waals surface area contributed by atoms with Crippen molar-refractivity contribution in [2.75, 3.05) is 18.5 Å². The second-order valence-corrected chi connectivity index (χ2v) is 8.85. The Balaban J connectivity index is 1.23. The van der Waals surface area contributed by atoms with E-state index in [1.54, 1.807) is 48.7 Å². The molecule has 9 heteroatoms. The molecule has 5 rings (SSSR count). The minimum absolute atomic E-state index is 0.264. The average Bonchev–Trinajstić information content (AvgIpc) is 3.31. The van der Waals surface area contributed by atoms with Crippen LogP contribution in [0.1, 0.15) is 25.6 Å². The zero-order valence-corrected chi connectivity index (χ0v) is 19.4. The zero-order chi connectivity index (χ0) is 24.2. The standard InChI is InChI=1S/C26H22N4O4S/c27-11-12-33-18-8-5-16(6-9-18)26-29-15-19(35-26)14-28-24(31)17-7-10-23-21(13-17)30-25(32)20-3-1-2-4-22(20)34-23/h1-10,13,15H,11-12,14,27H2,(H,28,31)(H,30,32). The first-order valence-electron chi connectivity index (χ1n) is 11.0. The Kier molecular flexibility index (Phi) is 6.42. The zero-order valence-electron chi connectivity index (χ0n) is 18.6. The fourth-order valence-corrected chi connectivity index (χ4v) is 4.43. The Bertz CT molecular complexity index is 1380. The van der Waals surface area contributed by atoms with Gasteiger partial charge in [-0.05, 0) is 54.6 Å². The second kappa shape index (κ2) is 9.96. The number of rotatable bonds is 7. The topological polar surface area (TPSA) is 116 Å². The summed E-state index contributed by atoms with van der Waals surface area (Å²) in [6, 6.07) is 19.6. The molecular formula is C26H22N4O4S. The first-order valence-corrected chi connectivity index (χ1v) is 11.8. The Hall–Kier alpha value is -4.21. The van der Waals surface area contributed by atoms with Gasteiger partial charge < -0.3 is 25.8 Å². The summed E-state index contributed by atoms with van der Waals surface area (Å²) in [6.07, 6.45) is 1.75. The highest BCUT2D eigenvalue weighted by atomic mass is 32.1. The van der Waals surface area contributed by atoms with Crippen LogP contribution in [0.2, 0.25) is 0 Å². The molecule has 4 aromatic rings. The van der Waals surface area contributed by atoms with Crippen LogP contribution in [-0.4, -0.2) is 29.9 Å². The van der Waals surface area contributed by atoms with Crippen molar-refractivity contribution < 1.29 is 19.1 Å². The van der Waals surface area contributed by atoms with Crippen molar-refractivity contribution in [3.63, 3.8) is 0 Å². The molecule has 0 atom stereocenters. The molecule has 1 aliphatic heterocycles. The number of para-hydroxylation sites is 1. The minimum atomic E-state index is -0.284. The van der Waals surface area contributed by atoms with Gasteiger partial charge in [0.25, 0.3) is 11.8 Å². The monoisotopic (exact) mass is 486 g/mol. The van der Waals surface area contributed by atoms with E-state index in [-0.39, 0.29) is 11.8 Å². The van der Waals surface area contributed by atoms with Crippen LogP contribution < -0.4 is 25.8 Å². The Morgan fingerprint density at radius 1 is 1.09 bits per heavy atom. The lowest BCUT2D eigenvalue weighted by Gasteiger charge is -2.10. The van der Waals surface area contributed by atoms with Gasteiger partial charge in [0.1, 0.15) is 23.1 Å². The number of ether oxygens (including phenoxy) is 2. The van der Waals surface area contributed by atoms with Crippen LogP contribution in [-0.2, 0) is 6.54 Å². The summed E-state index contributed by atoms with van der Waals surface area (Å²) in [5.41, 5.74) is 7.72. The summed E-state index contributed by atoms with van der Waals surface area (Å²) in [6.45, 7) is 1.27. The molecule has 2 heterocycles. The summed E-state index contributed by atoms with van der Waals surface area (Å²) in [7, 11) is 0. The number of hydrogen-bond donors (Lipinski definition) is 3. The lowest BCUT2D eigenvalue weighted by atomic mass is 10.1. The highest BCUT2D eigenvalue weighted by Crippen LogP contribution is 2.36. The summed E-state index contributed by atoms with van der Waals surface area (Å²) in [4.78, 5) is 30.7. The number of carbonyl (C=O) groups is 2. The molecule has 0 spiro atoms. The summed E-state index contributed by atoms with van der Waals surface area (Å²) in [5.74, 6) is 1.16. The third kappa shape index (κ3) is 5.01. The number of anilines is 1. The molecule has 0 saturated carbocycles. The van der Waals surface area contributed by atoms with Gasteiger partial charge in [-0.25, -0.2) is 4.98 Å². The summed E-state index contributed by atoms with van der Waals surface area (Å²) in [5, 5.41) is 6.58. The van der Waals surface area contributed by atoms with Crippen molar-refractivity contribution in [2.45, 2.75) is 6.54 Å². The Morgan fingerprint density at radius 2 is 1.91 bits per heavy atom. The van der Waals surface area contributed by atoms with Gasteiger partial charge in [0.2, 0.25) is 0 Å². The van der Waals surface area contributed by atoms with Crippen LogP contribution in [0.3, 0.4) is 0 Å². The first-order chi connectivity index (χ1) is 17.1. The van der Waals surface area contributed by atoms with E-state index in [9.17, 15) is 9.59 Å². The second-order valence-electron chi connectivity index (χ2n) is 7.74. The quantitative estimate of drug-likeness (QED) is 0.356. The molecular weight excluding hydrogens is 464 g/mol. The lowest BCUT2D eigenvalue weighted by molar-refractivity contribution is 0.0950. The smallest absolute Gasteiger partial charge is 0.259 e. The van der Waals surface area contributed by atoms with Gasteiger partial charge in [0.05, 0.1) is 17.8 Å². The van der Waals surface area contributed by atoms with Gasteiger partial charge >= 0.3 is 0 Å². The van der Waals surface area contributed by atoms with E-state index in [1.807, 2.05) is 24.3 Å². The molecule has 35 heavy (non-hydrogen) atoms. The fraction of sp³-hybridized carbons (Fsp3) is 0.115. The number of thiazole rings is 1. The molecule has 1 aliphatic rings. The number of aromatic nitrogens is 1. The van der Waals surface area contributed by atoms with Crippen LogP contribution in [0.5, 0.6) is 17.2 Å². The van der Waals surface area contributed by atoms with E-state index in [0.29, 0.717) is 48.0 Å². The Morgan fingerprint density at radius 3 is 2.74 bits per heavy atom. The maximum absolute atomic E-state index is 12.8. The maximum atomic E-state index is 12.8. The predicted octanol–water partition coefficient (Wildman–Crippen LogP) is 4.44. The first kappa shape index (κ1) is 22.6. The Labute approximate surface area is 205 Å². The van der Waals surface area contributed by atoms with E-state index in [4.69, 9.17) is 15.2 Å². The molecule has 176 valence electrons.